The average Bonchev–Trinajstić information content (AvgIpc) is 2.73. The molecule has 0 saturated carbocycles. The van der Waals surface area contributed by atoms with E-state index in [4.69, 9.17) is 18.0 Å². The van der Waals surface area contributed by atoms with E-state index in [0.717, 1.165) is 17.2 Å². The first kappa shape index (κ1) is 11.5. The van der Waals surface area contributed by atoms with Crippen LogP contribution >= 0.6 is 12.2 Å². The summed E-state index contributed by atoms with van der Waals surface area (Å²) in [5, 5.41) is 3.18. The van der Waals surface area contributed by atoms with Gasteiger partial charge in [-0.2, -0.15) is 0 Å². The van der Waals surface area contributed by atoms with E-state index >= 15 is 0 Å². The van der Waals surface area contributed by atoms with Crippen molar-refractivity contribution in [2.24, 2.45) is 12.8 Å². The number of rotatable bonds is 4. The lowest BCUT2D eigenvalue weighted by molar-refractivity contribution is 0.811. The van der Waals surface area contributed by atoms with Gasteiger partial charge >= 0.3 is 0 Å². The number of aromatic nitrogens is 3. The Balaban J connectivity index is 2.00. The molecule has 2 rings (SSSR count). The summed E-state index contributed by atoms with van der Waals surface area (Å²) in [5.74, 6) is 1.72. The highest BCUT2D eigenvalue weighted by Gasteiger charge is 2.00. The van der Waals surface area contributed by atoms with Gasteiger partial charge in [0, 0.05) is 31.2 Å². The first-order valence-corrected chi connectivity index (χ1v) is 5.53. The third-order valence-electron chi connectivity index (χ3n) is 2.40. The number of thiocarbonyl (C=S) groups is 1. The predicted octanol–water partition coefficient (Wildman–Crippen LogP) is 1.06. The second-order valence-electron chi connectivity index (χ2n) is 3.60. The second kappa shape index (κ2) is 4.92. The number of anilines is 1. The van der Waals surface area contributed by atoms with Gasteiger partial charge in [0.2, 0.25) is 0 Å². The Kier molecular flexibility index (Phi) is 3.34. The van der Waals surface area contributed by atoms with Gasteiger partial charge in [-0.25, -0.2) is 9.97 Å². The van der Waals surface area contributed by atoms with E-state index in [1.54, 1.807) is 12.4 Å². The van der Waals surface area contributed by atoms with E-state index in [-0.39, 0.29) is 0 Å². The number of imidazole rings is 1. The Labute approximate surface area is 105 Å². The molecular weight excluding hydrogens is 234 g/mol. The Hall–Kier alpha value is -1.95. The van der Waals surface area contributed by atoms with E-state index in [0.29, 0.717) is 11.5 Å². The van der Waals surface area contributed by atoms with Crippen molar-refractivity contribution in [3.8, 4) is 0 Å². The smallest absolute Gasteiger partial charge is 0.127 e. The van der Waals surface area contributed by atoms with Crippen LogP contribution in [0.2, 0.25) is 0 Å². The van der Waals surface area contributed by atoms with E-state index in [1.807, 2.05) is 29.9 Å². The van der Waals surface area contributed by atoms with Gasteiger partial charge in [-0.1, -0.05) is 12.2 Å². The van der Waals surface area contributed by atoms with Crippen LogP contribution in [0.5, 0.6) is 0 Å². The molecule has 0 bridgehead atoms. The molecule has 0 spiro atoms. The summed E-state index contributed by atoms with van der Waals surface area (Å²) in [6.07, 6.45) is 5.32. The molecule has 6 heteroatoms. The summed E-state index contributed by atoms with van der Waals surface area (Å²) in [6.45, 7) is 0.628. The maximum Gasteiger partial charge on any atom is 0.127 e. The molecule has 2 aromatic heterocycles. The normalized spacial score (nSPS) is 10.2. The van der Waals surface area contributed by atoms with Crippen molar-refractivity contribution in [3.05, 3.63) is 42.1 Å². The highest BCUT2D eigenvalue weighted by molar-refractivity contribution is 7.80. The standard InChI is InChI=1S/C11H13N5S/c1-16-5-4-13-10(16)7-15-9-3-2-8(6-14-9)11(12)17/h2-6H,7H2,1H3,(H2,12,17)(H,14,15). The lowest BCUT2D eigenvalue weighted by Gasteiger charge is -2.06. The summed E-state index contributed by atoms with van der Waals surface area (Å²) in [5.41, 5.74) is 6.26. The van der Waals surface area contributed by atoms with E-state index in [9.17, 15) is 0 Å². The zero-order valence-corrected chi connectivity index (χ0v) is 10.2. The zero-order chi connectivity index (χ0) is 12.3. The van der Waals surface area contributed by atoms with Crippen LogP contribution in [0.3, 0.4) is 0 Å². The molecule has 2 heterocycles. The highest BCUT2D eigenvalue weighted by Crippen LogP contribution is 2.06. The molecule has 0 amide bonds. The zero-order valence-electron chi connectivity index (χ0n) is 9.42. The molecule has 3 N–H and O–H groups in total. The molecule has 0 aromatic carbocycles. The number of pyridine rings is 1. The molecule has 88 valence electrons. The second-order valence-corrected chi connectivity index (χ2v) is 4.04. The molecule has 0 aliphatic rings. The minimum atomic E-state index is 0.355. The van der Waals surface area contributed by atoms with Crippen LogP contribution in [0.1, 0.15) is 11.4 Å². The van der Waals surface area contributed by atoms with Gasteiger partial charge in [-0.15, -0.1) is 0 Å². The quantitative estimate of drug-likeness (QED) is 0.791. The Morgan fingerprint density at radius 2 is 2.29 bits per heavy atom. The molecule has 0 unspecified atom stereocenters. The fourth-order valence-electron chi connectivity index (χ4n) is 1.38. The molecule has 0 saturated heterocycles. The molecule has 0 radical (unpaired) electrons. The summed E-state index contributed by atoms with van der Waals surface area (Å²) >= 11 is 4.86. The van der Waals surface area contributed by atoms with Crippen LogP contribution in [-0.4, -0.2) is 19.5 Å². The Morgan fingerprint density at radius 3 is 2.82 bits per heavy atom. The number of hydrogen-bond donors (Lipinski definition) is 2. The fraction of sp³-hybridized carbons (Fsp3) is 0.182. The monoisotopic (exact) mass is 247 g/mol. The number of hydrogen-bond acceptors (Lipinski definition) is 4. The van der Waals surface area contributed by atoms with Crippen LogP contribution in [0, 0.1) is 0 Å². The van der Waals surface area contributed by atoms with Crippen molar-refractivity contribution in [1.82, 2.24) is 14.5 Å². The maximum atomic E-state index is 5.49. The third-order valence-corrected chi connectivity index (χ3v) is 2.63. The van der Waals surface area contributed by atoms with Gasteiger partial charge in [0.25, 0.3) is 0 Å². The van der Waals surface area contributed by atoms with Crippen LogP contribution in [-0.2, 0) is 13.6 Å². The molecule has 5 nitrogen and oxygen atoms in total. The van der Waals surface area contributed by atoms with Gasteiger partial charge in [0.15, 0.2) is 0 Å². The molecule has 0 aliphatic carbocycles. The van der Waals surface area contributed by atoms with Crippen LogP contribution < -0.4 is 11.1 Å². The van der Waals surface area contributed by atoms with Crippen molar-refractivity contribution in [3.63, 3.8) is 0 Å². The van der Waals surface area contributed by atoms with E-state index in [1.165, 1.54) is 0 Å². The summed E-state index contributed by atoms with van der Waals surface area (Å²) in [6, 6.07) is 3.69. The maximum absolute atomic E-state index is 5.49. The van der Waals surface area contributed by atoms with Crippen molar-refractivity contribution in [2.45, 2.75) is 6.54 Å². The Bertz CT molecular complexity index is 517. The van der Waals surface area contributed by atoms with Crippen molar-refractivity contribution >= 4 is 23.0 Å². The number of nitrogens with two attached hydrogens (primary N) is 1. The number of nitrogens with zero attached hydrogens (tertiary/aromatic N) is 3. The average molecular weight is 247 g/mol. The SMILES string of the molecule is Cn1ccnc1CNc1ccc(C(N)=S)cn1. The molecule has 0 aliphatic heterocycles. The highest BCUT2D eigenvalue weighted by atomic mass is 32.1. The van der Waals surface area contributed by atoms with E-state index < -0.39 is 0 Å². The van der Waals surface area contributed by atoms with E-state index in [2.05, 4.69) is 15.3 Å². The fourth-order valence-corrected chi connectivity index (χ4v) is 1.50. The van der Waals surface area contributed by atoms with Gasteiger partial charge in [0.05, 0.1) is 6.54 Å². The third kappa shape index (κ3) is 2.79. The first-order chi connectivity index (χ1) is 8.16. The Morgan fingerprint density at radius 1 is 1.47 bits per heavy atom. The summed E-state index contributed by atoms with van der Waals surface area (Å²) in [4.78, 5) is 8.78. The molecule has 0 atom stereocenters. The minimum absolute atomic E-state index is 0.355. The van der Waals surface area contributed by atoms with Crippen molar-refractivity contribution < 1.29 is 0 Å². The lowest BCUT2D eigenvalue weighted by atomic mass is 10.3. The lowest BCUT2D eigenvalue weighted by Crippen LogP contribution is -2.11. The van der Waals surface area contributed by atoms with Gasteiger partial charge in [-0.05, 0) is 12.1 Å². The van der Waals surface area contributed by atoms with Crippen LogP contribution in [0.4, 0.5) is 5.82 Å². The van der Waals surface area contributed by atoms with Crippen molar-refractivity contribution in [1.29, 1.82) is 0 Å². The molecule has 2 aromatic rings. The van der Waals surface area contributed by atoms with Gasteiger partial charge in [0.1, 0.15) is 16.6 Å². The largest absolute Gasteiger partial charge is 0.389 e. The van der Waals surface area contributed by atoms with Gasteiger partial charge < -0.3 is 15.6 Å². The van der Waals surface area contributed by atoms with Crippen LogP contribution in [0.25, 0.3) is 0 Å². The topological polar surface area (TPSA) is 68.8 Å². The summed E-state index contributed by atoms with van der Waals surface area (Å²) in [7, 11) is 1.95. The first-order valence-electron chi connectivity index (χ1n) is 5.13. The minimum Gasteiger partial charge on any atom is -0.389 e. The number of nitrogens with one attached hydrogen (secondary N) is 1. The summed E-state index contributed by atoms with van der Waals surface area (Å²) < 4.78 is 1.95. The van der Waals surface area contributed by atoms with Gasteiger partial charge in [-0.3, -0.25) is 0 Å². The molecular formula is C11H13N5S. The molecule has 17 heavy (non-hydrogen) atoms. The predicted molar refractivity (Wildman–Crippen MR) is 70.7 cm³/mol. The number of aryl methyl sites for hydroxylation is 1. The van der Waals surface area contributed by atoms with Crippen molar-refractivity contribution in [2.75, 3.05) is 5.32 Å². The molecule has 0 fully saturated rings. The van der Waals surface area contributed by atoms with Crippen LogP contribution in [0.15, 0.2) is 30.7 Å².